The molecule has 5 nitrogen and oxygen atoms in total. The molecule has 2 heterocycles. The Bertz CT molecular complexity index is 947. The van der Waals surface area contributed by atoms with Crippen molar-refractivity contribution in [2.24, 2.45) is 11.3 Å². The monoisotopic (exact) mass is 464 g/mol. The minimum absolute atomic E-state index is 0.197. The first-order valence-electron chi connectivity index (χ1n) is 12.7. The summed E-state index contributed by atoms with van der Waals surface area (Å²) < 4.78 is 10.9. The van der Waals surface area contributed by atoms with Crippen LogP contribution in [0, 0.1) is 25.2 Å². The molecule has 0 aliphatic carbocycles. The lowest BCUT2D eigenvalue weighted by atomic mass is 9.74. The molecule has 2 aliphatic heterocycles. The number of methoxy groups -OCH3 is 1. The van der Waals surface area contributed by atoms with Gasteiger partial charge >= 0.3 is 0 Å². The zero-order chi connectivity index (χ0) is 24.0. The fourth-order valence-electron chi connectivity index (χ4n) is 5.57. The summed E-state index contributed by atoms with van der Waals surface area (Å²) in [5.41, 5.74) is 5.83. The van der Waals surface area contributed by atoms with Crippen molar-refractivity contribution in [3.8, 4) is 11.1 Å². The van der Waals surface area contributed by atoms with Gasteiger partial charge in [0.15, 0.2) is 0 Å². The number of hydrogen-bond acceptors (Lipinski definition) is 4. The zero-order valence-electron chi connectivity index (χ0n) is 21.1. The van der Waals surface area contributed by atoms with Crippen LogP contribution in [0.2, 0.25) is 0 Å². The lowest BCUT2D eigenvalue weighted by molar-refractivity contribution is -0.136. The molecule has 0 bridgehead atoms. The minimum atomic E-state index is -0.395. The van der Waals surface area contributed by atoms with E-state index in [0.717, 1.165) is 58.5 Å². The summed E-state index contributed by atoms with van der Waals surface area (Å²) in [5, 5.41) is 3.34. The first kappa shape index (κ1) is 24.9. The summed E-state index contributed by atoms with van der Waals surface area (Å²) >= 11 is 0. The molecule has 184 valence electrons. The summed E-state index contributed by atoms with van der Waals surface area (Å²) in [6, 6.07) is 15.4. The van der Waals surface area contributed by atoms with Crippen LogP contribution in [0.25, 0.3) is 11.1 Å². The van der Waals surface area contributed by atoms with Crippen LogP contribution in [0.15, 0.2) is 42.5 Å². The maximum absolute atomic E-state index is 13.6. The predicted octanol–water partition coefficient (Wildman–Crippen LogP) is 4.39. The van der Waals surface area contributed by atoms with E-state index in [4.69, 9.17) is 9.47 Å². The highest BCUT2D eigenvalue weighted by molar-refractivity contribution is 5.83. The van der Waals surface area contributed by atoms with Gasteiger partial charge < -0.3 is 19.7 Å². The predicted molar refractivity (Wildman–Crippen MR) is 137 cm³/mol. The van der Waals surface area contributed by atoms with Crippen LogP contribution in [-0.4, -0.2) is 63.9 Å². The molecular weight excluding hydrogens is 424 g/mol. The molecule has 2 aromatic carbocycles. The highest BCUT2D eigenvalue weighted by Crippen LogP contribution is 2.36. The van der Waals surface area contributed by atoms with E-state index in [1.54, 1.807) is 7.11 Å². The van der Waals surface area contributed by atoms with Crippen molar-refractivity contribution >= 4 is 5.91 Å². The van der Waals surface area contributed by atoms with E-state index in [9.17, 15) is 4.79 Å². The Hall–Kier alpha value is -2.21. The fourth-order valence-corrected chi connectivity index (χ4v) is 5.57. The maximum Gasteiger partial charge on any atom is 0.226 e. The summed E-state index contributed by atoms with van der Waals surface area (Å²) in [4.78, 5) is 16.0. The van der Waals surface area contributed by atoms with Crippen LogP contribution in [0.1, 0.15) is 36.0 Å². The van der Waals surface area contributed by atoms with Gasteiger partial charge in [-0.3, -0.25) is 4.79 Å². The van der Waals surface area contributed by atoms with E-state index >= 15 is 0 Å². The lowest BCUT2D eigenvalue weighted by Crippen LogP contribution is -2.47. The summed E-state index contributed by atoms with van der Waals surface area (Å²) in [7, 11) is 1.75. The average molecular weight is 465 g/mol. The van der Waals surface area contributed by atoms with Crippen molar-refractivity contribution < 1.29 is 14.3 Å². The third-order valence-electron chi connectivity index (χ3n) is 7.49. The highest BCUT2D eigenvalue weighted by Gasteiger charge is 2.40. The van der Waals surface area contributed by atoms with Crippen LogP contribution in [0.4, 0.5) is 0 Å². The molecule has 5 heteroatoms. The van der Waals surface area contributed by atoms with Crippen LogP contribution < -0.4 is 5.32 Å². The van der Waals surface area contributed by atoms with Crippen LogP contribution in [0.5, 0.6) is 0 Å². The second kappa shape index (κ2) is 11.5. The lowest BCUT2D eigenvalue weighted by Gasteiger charge is -2.36. The summed E-state index contributed by atoms with van der Waals surface area (Å²) in [5.74, 6) is 0.716. The van der Waals surface area contributed by atoms with Gasteiger partial charge in [-0.15, -0.1) is 0 Å². The fraction of sp³-hybridized carbons (Fsp3) is 0.552. The number of hydrogen-bond donors (Lipinski definition) is 1. The van der Waals surface area contributed by atoms with Gasteiger partial charge in [0, 0.05) is 40.0 Å². The Labute approximate surface area is 204 Å². The van der Waals surface area contributed by atoms with E-state index in [0.29, 0.717) is 19.1 Å². The molecule has 0 aromatic heterocycles. The molecule has 34 heavy (non-hydrogen) atoms. The van der Waals surface area contributed by atoms with Crippen molar-refractivity contribution in [2.45, 2.75) is 39.5 Å². The molecule has 0 spiro atoms. The number of aryl methyl sites for hydroxylation is 2. The molecule has 0 saturated carbocycles. The molecular formula is C29H40N2O3. The zero-order valence-corrected chi connectivity index (χ0v) is 21.1. The Morgan fingerprint density at radius 2 is 1.88 bits per heavy atom. The largest absolute Gasteiger partial charge is 0.383 e. The number of nitrogens with one attached hydrogen (secondary N) is 1. The second-order valence-corrected chi connectivity index (χ2v) is 10.3. The van der Waals surface area contributed by atoms with Gasteiger partial charge in [0.25, 0.3) is 0 Å². The highest BCUT2D eigenvalue weighted by atomic mass is 16.5. The van der Waals surface area contributed by atoms with Gasteiger partial charge in [0.05, 0.1) is 12.0 Å². The first-order valence-corrected chi connectivity index (χ1v) is 12.7. The molecule has 2 saturated heterocycles. The average Bonchev–Trinajstić information content (AvgIpc) is 3.29. The Morgan fingerprint density at radius 3 is 2.62 bits per heavy atom. The molecule has 1 amide bonds. The van der Waals surface area contributed by atoms with E-state index in [2.05, 4.69) is 66.5 Å². The molecule has 2 fully saturated rings. The molecule has 1 atom stereocenters. The molecule has 1 N–H and O–H groups in total. The van der Waals surface area contributed by atoms with Crippen molar-refractivity contribution in [3.63, 3.8) is 0 Å². The van der Waals surface area contributed by atoms with E-state index < -0.39 is 5.41 Å². The van der Waals surface area contributed by atoms with Gasteiger partial charge in [-0.25, -0.2) is 0 Å². The van der Waals surface area contributed by atoms with Gasteiger partial charge in [-0.05, 0) is 68.7 Å². The van der Waals surface area contributed by atoms with Gasteiger partial charge in [-0.1, -0.05) is 53.6 Å². The maximum atomic E-state index is 13.6. The number of carbonyl (C=O) groups excluding carboxylic acids is 1. The molecule has 1 unspecified atom stereocenters. The van der Waals surface area contributed by atoms with E-state index in [1.807, 2.05) is 0 Å². The summed E-state index contributed by atoms with van der Waals surface area (Å²) in [6.45, 7) is 10.2. The van der Waals surface area contributed by atoms with Crippen molar-refractivity contribution in [3.05, 3.63) is 59.2 Å². The molecule has 2 aromatic rings. The summed E-state index contributed by atoms with van der Waals surface area (Å²) in [6.07, 6.45) is 3.44. The topological polar surface area (TPSA) is 50.8 Å². The van der Waals surface area contributed by atoms with E-state index in [1.165, 1.54) is 27.8 Å². The normalized spacial score (nSPS) is 20.4. The standard InChI is InChI=1S/C29H40N2O3/c1-22-15-23(2)17-27(16-22)26-6-4-5-24(18-26)19-29(8-12-34-13-9-29)28(32)30-20-25-7-10-31(21-25)11-14-33-3/h4-6,15-18,25H,7-14,19-21H2,1-3H3,(H,30,32). The number of amides is 1. The minimum Gasteiger partial charge on any atom is -0.383 e. The van der Waals surface area contributed by atoms with Crippen molar-refractivity contribution in [1.29, 1.82) is 0 Å². The number of rotatable bonds is 9. The van der Waals surface area contributed by atoms with Crippen LogP contribution >= 0.6 is 0 Å². The number of benzene rings is 2. The smallest absolute Gasteiger partial charge is 0.226 e. The quantitative estimate of drug-likeness (QED) is 0.598. The number of nitrogens with zero attached hydrogens (tertiary/aromatic N) is 1. The Kier molecular flexibility index (Phi) is 8.41. The SMILES string of the molecule is COCCN1CCC(CNC(=O)C2(Cc3cccc(-c4cc(C)cc(C)c4)c3)CCOCC2)C1. The van der Waals surface area contributed by atoms with Crippen LogP contribution in [-0.2, 0) is 20.7 Å². The van der Waals surface area contributed by atoms with Gasteiger partial charge in [0.1, 0.15) is 0 Å². The third-order valence-corrected chi connectivity index (χ3v) is 7.49. The van der Waals surface area contributed by atoms with Gasteiger partial charge in [0.2, 0.25) is 5.91 Å². The Balaban J connectivity index is 1.44. The second-order valence-electron chi connectivity index (χ2n) is 10.3. The number of likely N-dealkylation sites (tertiary alicyclic amines) is 1. The Morgan fingerprint density at radius 1 is 1.12 bits per heavy atom. The van der Waals surface area contributed by atoms with Crippen LogP contribution in [0.3, 0.4) is 0 Å². The van der Waals surface area contributed by atoms with Crippen molar-refractivity contribution in [1.82, 2.24) is 10.2 Å². The molecule has 4 rings (SSSR count). The molecule has 0 radical (unpaired) electrons. The third kappa shape index (κ3) is 6.26. The first-order chi connectivity index (χ1) is 16.5. The number of ether oxygens (including phenoxy) is 2. The number of carbonyl (C=O) groups is 1. The van der Waals surface area contributed by atoms with Crippen molar-refractivity contribution in [2.75, 3.05) is 53.1 Å². The molecule has 2 aliphatic rings. The van der Waals surface area contributed by atoms with Gasteiger partial charge in [-0.2, -0.15) is 0 Å². The van der Waals surface area contributed by atoms with E-state index in [-0.39, 0.29) is 5.91 Å².